The quantitative estimate of drug-likeness (QED) is 0.460. The number of hydrogen-bond acceptors (Lipinski definition) is 0. The maximum Gasteiger partial charge on any atom is 0.00869 e. The number of rotatable bonds is 3. The molecule has 1 atom stereocenters. The lowest BCUT2D eigenvalue weighted by Gasteiger charge is -1.99. The molecule has 0 aromatic heterocycles. The smallest absolute Gasteiger partial charge is 0.00869 e. The SMILES string of the molecule is CC[SiH2][SiH]([SiH3])CC. The van der Waals surface area contributed by atoms with Crippen molar-refractivity contribution < 1.29 is 0 Å². The fourth-order valence-corrected chi connectivity index (χ4v) is 11.5. The van der Waals surface area contributed by atoms with E-state index >= 15 is 0 Å². The average Bonchev–Trinajstić information content (AvgIpc) is 1.68. The van der Waals surface area contributed by atoms with Crippen LogP contribution in [-0.2, 0) is 0 Å². The van der Waals surface area contributed by atoms with E-state index in [2.05, 4.69) is 13.8 Å². The second kappa shape index (κ2) is 4.80. The van der Waals surface area contributed by atoms with Gasteiger partial charge in [-0.2, -0.15) is 0 Å². The van der Waals surface area contributed by atoms with E-state index in [1.807, 2.05) is 0 Å². The summed E-state index contributed by atoms with van der Waals surface area (Å²) in [6, 6.07) is 3.18. The van der Waals surface area contributed by atoms with E-state index in [-0.39, 0.29) is 7.83 Å². The van der Waals surface area contributed by atoms with E-state index in [0.29, 0.717) is 9.04 Å². The average molecular weight is 148 g/mol. The highest BCUT2D eigenvalue weighted by molar-refractivity contribution is 7.34. The summed E-state index contributed by atoms with van der Waals surface area (Å²) in [6.45, 7) is 4.74. The van der Waals surface area contributed by atoms with Gasteiger partial charge < -0.3 is 0 Å². The van der Waals surface area contributed by atoms with Gasteiger partial charge >= 0.3 is 0 Å². The summed E-state index contributed by atoms with van der Waals surface area (Å²) in [5.41, 5.74) is 0. The van der Waals surface area contributed by atoms with Crippen molar-refractivity contribution >= 4 is 26.6 Å². The van der Waals surface area contributed by atoms with E-state index in [1.54, 1.807) is 21.8 Å². The molecule has 0 saturated carbocycles. The van der Waals surface area contributed by atoms with Crippen LogP contribution in [0.3, 0.4) is 0 Å². The molecule has 3 heteroatoms. The Morgan fingerprint density at radius 3 is 2.29 bits per heavy atom. The summed E-state index contributed by atoms with van der Waals surface area (Å²) in [4.78, 5) is 0. The van der Waals surface area contributed by atoms with Crippen molar-refractivity contribution in [1.29, 1.82) is 0 Å². The van der Waals surface area contributed by atoms with Gasteiger partial charge in [0.05, 0.1) is 0 Å². The molecule has 0 aliphatic rings. The van der Waals surface area contributed by atoms with Crippen LogP contribution in [0.5, 0.6) is 0 Å². The predicted octanol–water partition coefficient (Wildman–Crippen LogP) is -0.801. The molecule has 0 bridgehead atoms. The van der Waals surface area contributed by atoms with Crippen molar-refractivity contribution in [2.75, 3.05) is 0 Å². The van der Waals surface area contributed by atoms with Gasteiger partial charge in [-0.15, -0.1) is 0 Å². The molecule has 7 heavy (non-hydrogen) atoms. The van der Waals surface area contributed by atoms with Gasteiger partial charge in [-0.1, -0.05) is 25.9 Å². The molecule has 0 rings (SSSR count). The fraction of sp³-hybridized carbons (Fsp3) is 1.00. The van der Waals surface area contributed by atoms with Gasteiger partial charge in [0.1, 0.15) is 0 Å². The molecule has 0 aliphatic heterocycles. The monoisotopic (exact) mass is 148 g/mol. The minimum Gasteiger partial charge on any atom is -0.0685 e. The Bertz CT molecular complexity index is 37.9. The van der Waals surface area contributed by atoms with Crippen LogP contribution in [0.4, 0.5) is 0 Å². The molecule has 44 valence electrons. The lowest BCUT2D eigenvalue weighted by atomic mass is 11.0. The topological polar surface area (TPSA) is 0 Å². The Morgan fingerprint density at radius 1 is 1.57 bits per heavy atom. The molecular weight excluding hydrogens is 132 g/mol. The summed E-state index contributed by atoms with van der Waals surface area (Å²) in [5.74, 6) is 0. The van der Waals surface area contributed by atoms with Gasteiger partial charge in [-0.25, -0.2) is 0 Å². The zero-order valence-corrected chi connectivity index (χ0v) is 10.3. The van der Waals surface area contributed by atoms with Crippen LogP contribution in [0.1, 0.15) is 13.8 Å². The van der Waals surface area contributed by atoms with Crippen LogP contribution < -0.4 is 0 Å². The summed E-state index contributed by atoms with van der Waals surface area (Å²) < 4.78 is 0. The second-order valence-corrected chi connectivity index (χ2v) is 22.6. The molecule has 0 amide bonds. The van der Waals surface area contributed by atoms with Crippen molar-refractivity contribution in [3.8, 4) is 0 Å². The van der Waals surface area contributed by atoms with Crippen molar-refractivity contribution in [3.63, 3.8) is 0 Å². The van der Waals surface area contributed by atoms with E-state index < -0.39 is 0 Å². The Hall–Kier alpha value is 0.651. The third-order valence-electron chi connectivity index (χ3n) is 1.48. The highest BCUT2D eigenvalue weighted by Crippen LogP contribution is 1.84. The first-order valence-electron chi connectivity index (χ1n) is 3.31. The van der Waals surface area contributed by atoms with Crippen LogP contribution in [0.15, 0.2) is 0 Å². The molecule has 0 aromatic carbocycles. The van der Waals surface area contributed by atoms with E-state index in [4.69, 9.17) is 0 Å². The van der Waals surface area contributed by atoms with Gasteiger partial charge in [0, 0.05) is 16.9 Å². The zero-order valence-electron chi connectivity index (χ0n) is 5.70. The minimum absolute atomic E-state index is 0.0965. The molecular formula is C4H16Si3. The Morgan fingerprint density at radius 2 is 2.14 bits per heavy atom. The van der Waals surface area contributed by atoms with Gasteiger partial charge in [-0.05, 0) is 9.76 Å². The molecule has 0 aromatic rings. The van der Waals surface area contributed by atoms with Crippen LogP contribution in [0, 0.1) is 0 Å². The maximum atomic E-state index is 2.38. The Labute approximate surface area is 53.1 Å². The van der Waals surface area contributed by atoms with Gasteiger partial charge in [-0.3, -0.25) is 0 Å². The number of hydrogen-bond donors (Lipinski definition) is 0. The van der Waals surface area contributed by atoms with Crippen molar-refractivity contribution in [2.24, 2.45) is 0 Å². The molecule has 0 radical (unpaired) electrons. The van der Waals surface area contributed by atoms with Crippen LogP contribution >= 0.6 is 0 Å². The van der Waals surface area contributed by atoms with Gasteiger partial charge in [0.15, 0.2) is 0 Å². The predicted molar refractivity (Wildman–Crippen MR) is 46.6 cm³/mol. The van der Waals surface area contributed by atoms with Gasteiger partial charge in [0.2, 0.25) is 0 Å². The first-order chi connectivity index (χ1) is 3.31. The fourth-order valence-electron chi connectivity index (χ4n) is 0.697. The lowest BCUT2D eigenvalue weighted by molar-refractivity contribution is 1.44. The van der Waals surface area contributed by atoms with Crippen LogP contribution in [0.2, 0.25) is 12.1 Å². The van der Waals surface area contributed by atoms with Crippen molar-refractivity contribution in [3.05, 3.63) is 0 Å². The standard InChI is InChI=1S/C4H16Si3/c1-3-6-7(5)4-2/h7H,3-4,6H2,1-2,5H3. The van der Waals surface area contributed by atoms with Gasteiger partial charge in [0.25, 0.3) is 0 Å². The maximum absolute atomic E-state index is 2.38. The minimum atomic E-state index is 0.0965. The molecule has 0 aliphatic carbocycles. The Kier molecular flexibility index (Phi) is 5.25. The summed E-state index contributed by atoms with van der Waals surface area (Å²) in [5, 5.41) is 0. The highest BCUT2D eigenvalue weighted by Gasteiger charge is 1.95. The molecule has 0 spiro atoms. The Balaban J connectivity index is 2.83. The summed E-state index contributed by atoms with van der Waals surface area (Å²) in [7, 11) is 2.24. The van der Waals surface area contributed by atoms with E-state index in [9.17, 15) is 0 Å². The first-order valence-corrected chi connectivity index (χ1v) is 13.0. The molecule has 0 nitrogen and oxygen atoms in total. The van der Waals surface area contributed by atoms with Crippen molar-refractivity contribution in [2.45, 2.75) is 25.9 Å². The molecule has 0 fully saturated rings. The molecule has 1 unspecified atom stereocenters. The zero-order chi connectivity index (χ0) is 5.70. The van der Waals surface area contributed by atoms with E-state index in [1.165, 1.54) is 0 Å². The lowest BCUT2D eigenvalue weighted by Crippen LogP contribution is -2.20. The van der Waals surface area contributed by atoms with E-state index in [0.717, 1.165) is 0 Å². The van der Waals surface area contributed by atoms with Crippen molar-refractivity contribution in [1.82, 2.24) is 0 Å². The molecule has 0 N–H and O–H groups in total. The summed E-state index contributed by atoms with van der Waals surface area (Å²) >= 11 is 0. The largest absolute Gasteiger partial charge is 0.0685 e. The van der Waals surface area contributed by atoms with Crippen LogP contribution in [0.25, 0.3) is 0 Å². The second-order valence-electron chi connectivity index (χ2n) is 2.30. The van der Waals surface area contributed by atoms with Crippen LogP contribution in [-0.4, -0.2) is 26.6 Å². The third-order valence-corrected chi connectivity index (χ3v) is 18.5. The molecule has 0 saturated heterocycles. The molecule has 0 heterocycles. The summed E-state index contributed by atoms with van der Waals surface area (Å²) in [6.07, 6.45) is 0. The first kappa shape index (κ1) is 7.65. The normalized spacial score (nSPS) is 16.3. The third kappa shape index (κ3) is 4.50. The highest BCUT2D eigenvalue weighted by atomic mass is 29.5.